The molecule has 0 spiro atoms. The van der Waals surface area contributed by atoms with Gasteiger partial charge in [0.25, 0.3) is 0 Å². The fourth-order valence-corrected chi connectivity index (χ4v) is 0.698. The molecule has 0 aromatic rings. The van der Waals surface area contributed by atoms with E-state index in [1.165, 1.54) is 0 Å². The fraction of sp³-hybridized carbons (Fsp3) is 0.833. The molecule has 0 N–H and O–H groups in total. The lowest BCUT2D eigenvalue weighted by Gasteiger charge is -2.20. The Morgan fingerprint density at radius 3 is 2.75 bits per heavy atom. The Balaban J connectivity index is 2.13. The van der Waals surface area contributed by atoms with E-state index < -0.39 is 0 Å². The van der Waals surface area contributed by atoms with Crippen LogP contribution in [0.4, 0.5) is 0 Å². The first-order valence-electron chi connectivity index (χ1n) is 2.92. The van der Waals surface area contributed by atoms with Crippen LogP contribution in [-0.2, 0) is 9.47 Å². The molecule has 8 heavy (non-hydrogen) atoms. The summed E-state index contributed by atoms with van der Waals surface area (Å²) in [7, 11) is 0. The monoisotopic (exact) mass is 115 g/mol. The van der Waals surface area contributed by atoms with Gasteiger partial charge in [-0.2, -0.15) is 0 Å². The second-order valence-corrected chi connectivity index (χ2v) is 1.82. The van der Waals surface area contributed by atoms with E-state index in [0.29, 0.717) is 0 Å². The molecule has 0 saturated carbocycles. The van der Waals surface area contributed by atoms with E-state index in [4.69, 9.17) is 9.47 Å². The van der Waals surface area contributed by atoms with Gasteiger partial charge in [0, 0.05) is 0 Å². The topological polar surface area (TPSA) is 18.5 Å². The predicted molar refractivity (Wildman–Crippen MR) is 30.5 cm³/mol. The Kier molecular flexibility index (Phi) is 2.30. The van der Waals surface area contributed by atoms with E-state index in [9.17, 15) is 0 Å². The maximum atomic E-state index is 5.25. The van der Waals surface area contributed by atoms with Gasteiger partial charge in [-0.15, -0.1) is 0 Å². The van der Waals surface area contributed by atoms with Crippen molar-refractivity contribution in [2.24, 2.45) is 0 Å². The molecule has 1 radical (unpaired) electrons. The zero-order valence-electron chi connectivity index (χ0n) is 5.09. The van der Waals surface area contributed by atoms with Crippen molar-refractivity contribution in [3.63, 3.8) is 0 Å². The van der Waals surface area contributed by atoms with Gasteiger partial charge in [-0.1, -0.05) is 6.92 Å². The molecule has 1 heterocycles. The summed E-state index contributed by atoms with van der Waals surface area (Å²) >= 11 is 0. The van der Waals surface area contributed by atoms with Crippen LogP contribution in [0.3, 0.4) is 0 Å². The number of ether oxygens (including phenoxy) is 2. The third kappa shape index (κ3) is 1.46. The lowest BCUT2D eigenvalue weighted by molar-refractivity contribution is -0.0737. The molecular weight excluding hydrogens is 104 g/mol. The number of rotatable bonds is 1. The summed E-state index contributed by atoms with van der Waals surface area (Å²) in [4.78, 5) is 0. The molecule has 1 aliphatic rings. The first-order chi connectivity index (χ1) is 3.93. The van der Waals surface area contributed by atoms with Gasteiger partial charge in [0.15, 0.2) is 0 Å². The minimum absolute atomic E-state index is 0.240. The highest BCUT2D eigenvalue weighted by Crippen LogP contribution is 2.01. The Morgan fingerprint density at radius 2 is 2.38 bits per heavy atom. The predicted octanol–water partition coefficient (Wildman–Crippen LogP) is 0.626. The lowest BCUT2D eigenvalue weighted by Crippen LogP contribution is -2.27. The minimum Gasteiger partial charge on any atom is -0.376 e. The standard InChI is InChI=1S/C6H11O2/c1-2-6-5-7-3-4-8-6/h2,6H,3-5H2,1H3. The Morgan fingerprint density at radius 1 is 1.50 bits per heavy atom. The summed E-state index contributed by atoms with van der Waals surface area (Å²) in [6, 6.07) is 0. The summed E-state index contributed by atoms with van der Waals surface area (Å²) in [5.74, 6) is 0. The fourth-order valence-electron chi connectivity index (χ4n) is 0.698. The molecule has 0 aromatic heterocycles. The van der Waals surface area contributed by atoms with Crippen molar-refractivity contribution in [2.75, 3.05) is 19.8 Å². The summed E-state index contributed by atoms with van der Waals surface area (Å²) in [6.45, 7) is 4.22. The quantitative estimate of drug-likeness (QED) is 0.499. The van der Waals surface area contributed by atoms with Crippen molar-refractivity contribution in [1.29, 1.82) is 0 Å². The van der Waals surface area contributed by atoms with Crippen molar-refractivity contribution >= 4 is 0 Å². The molecule has 1 atom stereocenters. The number of hydrogen-bond acceptors (Lipinski definition) is 2. The van der Waals surface area contributed by atoms with Crippen LogP contribution < -0.4 is 0 Å². The van der Waals surface area contributed by atoms with E-state index in [1.54, 1.807) is 0 Å². The summed E-state index contributed by atoms with van der Waals surface area (Å²) in [5, 5.41) is 0. The van der Waals surface area contributed by atoms with Crippen molar-refractivity contribution in [1.82, 2.24) is 0 Å². The molecule has 47 valence electrons. The Bertz CT molecular complexity index is 57.5. The van der Waals surface area contributed by atoms with Gasteiger partial charge in [-0.25, -0.2) is 0 Å². The van der Waals surface area contributed by atoms with Crippen LogP contribution >= 0.6 is 0 Å². The van der Waals surface area contributed by atoms with Gasteiger partial charge < -0.3 is 9.47 Å². The number of hydrogen-bond donors (Lipinski definition) is 0. The molecule has 2 nitrogen and oxygen atoms in total. The van der Waals surface area contributed by atoms with E-state index in [2.05, 4.69) is 0 Å². The molecule has 0 bridgehead atoms. The zero-order chi connectivity index (χ0) is 5.82. The van der Waals surface area contributed by atoms with Crippen LogP contribution in [0.1, 0.15) is 6.92 Å². The molecule has 0 aliphatic carbocycles. The van der Waals surface area contributed by atoms with E-state index in [-0.39, 0.29) is 6.10 Å². The van der Waals surface area contributed by atoms with Crippen LogP contribution in [0.2, 0.25) is 0 Å². The second-order valence-electron chi connectivity index (χ2n) is 1.82. The van der Waals surface area contributed by atoms with E-state index in [1.807, 2.05) is 13.3 Å². The second kappa shape index (κ2) is 3.05. The molecule has 0 amide bonds. The lowest BCUT2D eigenvalue weighted by atomic mass is 10.3. The van der Waals surface area contributed by atoms with Gasteiger partial charge >= 0.3 is 0 Å². The summed E-state index contributed by atoms with van der Waals surface area (Å²) in [5.41, 5.74) is 0. The highest BCUT2D eigenvalue weighted by molar-refractivity contribution is 4.72. The van der Waals surface area contributed by atoms with Gasteiger partial charge in [0.05, 0.1) is 25.9 Å². The zero-order valence-corrected chi connectivity index (χ0v) is 5.09. The molecule has 1 saturated heterocycles. The van der Waals surface area contributed by atoms with Crippen molar-refractivity contribution in [2.45, 2.75) is 13.0 Å². The third-order valence-electron chi connectivity index (χ3n) is 1.21. The first-order valence-corrected chi connectivity index (χ1v) is 2.92. The largest absolute Gasteiger partial charge is 0.376 e. The highest BCUT2D eigenvalue weighted by Gasteiger charge is 2.10. The van der Waals surface area contributed by atoms with E-state index >= 15 is 0 Å². The smallest absolute Gasteiger partial charge is 0.0838 e. The van der Waals surface area contributed by atoms with Crippen LogP contribution in [0.15, 0.2) is 0 Å². The average molecular weight is 115 g/mol. The summed E-state index contributed by atoms with van der Waals surface area (Å²) in [6.07, 6.45) is 2.25. The van der Waals surface area contributed by atoms with Crippen LogP contribution in [-0.4, -0.2) is 25.9 Å². The van der Waals surface area contributed by atoms with Crippen molar-refractivity contribution < 1.29 is 9.47 Å². The normalized spacial score (nSPS) is 30.4. The summed E-state index contributed by atoms with van der Waals surface area (Å²) < 4.78 is 10.4. The molecule has 0 aromatic carbocycles. The minimum atomic E-state index is 0.240. The van der Waals surface area contributed by atoms with Gasteiger partial charge in [0.2, 0.25) is 0 Å². The molecule has 1 unspecified atom stereocenters. The highest BCUT2D eigenvalue weighted by atomic mass is 16.6. The Labute approximate surface area is 49.8 Å². The molecular formula is C6H11O2. The third-order valence-corrected chi connectivity index (χ3v) is 1.21. The SMILES string of the molecule is C[CH]C1COCCO1. The molecule has 1 aliphatic heterocycles. The van der Waals surface area contributed by atoms with Crippen LogP contribution in [0.25, 0.3) is 0 Å². The van der Waals surface area contributed by atoms with E-state index in [0.717, 1.165) is 19.8 Å². The maximum Gasteiger partial charge on any atom is 0.0838 e. The Hall–Kier alpha value is -0.0800. The van der Waals surface area contributed by atoms with Gasteiger partial charge in [-0.05, 0) is 6.42 Å². The van der Waals surface area contributed by atoms with Crippen LogP contribution in [0, 0.1) is 6.42 Å². The van der Waals surface area contributed by atoms with Gasteiger partial charge in [-0.3, -0.25) is 0 Å². The maximum absolute atomic E-state index is 5.25. The van der Waals surface area contributed by atoms with Crippen molar-refractivity contribution in [3.8, 4) is 0 Å². The molecule has 1 fully saturated rings. The van der Waals surface area contributed by atoms with Crippen molar-refractivity contribution in [3.05, 3.63) is 6.42 Å². The van der Waals surface area contributed by atoms with Crippen LogP contribution in [0.5, 0.6) is 0 Å². The molecule has 2 heteroatoms. The van der Waals surface area contributed by atoms with Gasteiger partial charge in [0.1, 0.15) is 0 Å². The molecule has 1 rings (SSSR count). The first kappa shape index (κ1) is 6.05. The average Bonchev–Trinajstić information content (AvgIpc) is 1.90.